The SMILES string of the molecule is CCC(N)Cc1ccc(OC(C)C(=O)OC)c(Cl)c1. The van der Waals surface area contributed by atoms with Gasteiger partial charge in [0.25, 0.3) is 0 Å². The summed E-state index contributed by atoms with van der Waals surface area (Å²) >= 11 is 6.13. The molecule has 0 spiro atoms. The Kier molecular flexibility index (Phi) is 6.12. The summed E-state index contributed by atoms with van der Waals surface area (Å²) in [6, 6.07) is 5.59. The average Bonchev–Trinajstić information content (AvgIpc) is 2.40. The number of carbonyl (C=O) groups excluding carboxylic acids is 1. The first kappa shape index (κ1) is 15.8. The molecule has 1 aromatic rings. The zero-order valence-electron chi connectivity index (χ0n) is 11.5. The Bertz CT molecular complexity index is 437. The molecule has 0 aliphatic carbocycles. The van der Waals surface area contributed by atoms with Crippen LogP contribution in [0.15, 0.2) is 18.2 Å². The quantitative estimate of drug-likeness (QED) is 0.816. The third-order valence-electron chi connectivity index (χ3n) is 2.86. The van der Waals surface area contributed by atoms with Crippen LogP contribution in [0.3, 0.4) is 0 Å². The van der Waals surface area contributed by atoms with Gasteiger partial charge in [0.1, 0.15) is 5.75 Å². The minimum atomic E-state index is -0.689. The van der Waals surface area contributed by atoms with Crippen molar-refractivity contribution in [1.29, 1.82) is 0 Å². The van der Waals surface area contributed by atoms with E-state index < -0.39 is 12.1 Å². The normalized spacial score (nSPS) is 13.7. The Morgan fingerprint density at radius 1 is 1.47 bits per heavy atom. The fourth-order valence-electron chi connectivity index (χ4n) is 1.62. The van der Waals surface area contributed by atoms with Crippen LogP contribution >= 0.6 is 11.6 Å². The summed E-state index contributed by atoms with van der Waals surface area (Å²) in [7, 11) is 1.32. The molecular weight excluding hydrogens is 266 g/mol. The summed E-state index contributed by atoms with van der Waals surface area (Å²) < 4.78 is 10.0. The van der Waals surface area contributed by atoms with Crippen LogP contribution in [-0.4, -0.2) is 25.2 Å². The van der Waals surface area contributed by atoms with E-state index >= 15 is 0 Å². The Balaban J connectivity index is 2.74. The first-order valence-corrected chi connectivity index (χ1v) is 6.64. The third-order valence-corrected chi connectivity index (χ3v) is 3.15. The minimum Gasteiger partial charge on any atom is -0.477 e. The van der Waals surface area contributed by atoms with Gasteiger partial charge in [0, 0.05) is 6.04 Å². The molecule has 0 aliphatic rings. The number of hydrogen-bond acceptors (Lipinski definition) is 4. The van der Waals surface area contributed by atoms with E-state index in [9.17, 15) is 4.79 Å². The number of rotatable bonds is 6. The number of methoxy groups -OCH3 is 1. The molecule has 5 heteroatoms. The summed E-state index contributed by atoms with van der Waals surface area (Å²) in [4.78, 5) is 11.3. The number of carbonyl (C=O) groups is 1. The van der Waals surface area contributed by atoms with Gasteiger partial charge in [0.2, 0.25) is 0 Å². The standard InChI is InChI=1S/C14H20ClNO3/c1-4-11(16)7-10-5-6-13(12(15)8-10)19-9(2)14(17)18-3/h5-6,8-9,11H,4,7,16H2,1-3H3. The van der Waals surface area contributed by atoms with Crippen LogP contribution < -0.4 is 10.5 Å². The highest BCUT2D eigenvalue weighted by Gasteiger charge is 2.16. The zero-order chi connectivity index (χ0) is 14.4. The van der Waals surface area contributed by atoms with Gasteiger partial charge in [-0.2, -0.15) is 0 Å². The molecule has 0 fully saturated rings. The Hall–Kier alpha value is -1.26. The molecule has 2 N–H and O–H groups in total. The topological polar surface area (TPSA) is 61.5 Å². The van der Waals surface area contributed by atoms with Gasteiger partial charge in [-0.3, -0.25) is 0 Å². The third kappa shape index (κ3) is 4.73. The van der Waals surface area contributed by atoms with Crippen LogP contribution in [0.25, 0.3) is 0 Å². The lowest BCUT2D eigenvalue weighted by atomic mass is 10.0. The van der Waals surface area contributed by atoms with Crippen LogP contribution in [0.2, 0.25) is 5.02 Å². The Morgan fingerprint density at radius 2 is 2.16 bits per heavy atom. The largest absolute Gasteiger partial charge is 0.477 e. The number of halogens is 1. The molecule has 106 valence electrons. The van der Waals surface area contributed by atoms with Gasteiger partial charge in [-0.1, -0.05) is 24.6 Å². The lowest BCUT2D eigenvalue weighted by Crippen LogP contribution is -2.25. The van der Waals surface area contributed by atoms with E-state index in [4.69, 9.17) is 22.1 Å². The van der Waals surface area contributed by atoms with E-state index in [1.807, 2.05) is 19.1 Å². The van der Waals surface area contributed by atoms with Crippen molar-refractivity contribution >= 4 is 17.6 Å². The van der Waals surface area contributed by atoms with Crippen molar-refractivity contribution in [3.05, 3.63) is 28.8 Å². The van der Waals surface area contributed by atoms with E-state index in [2.05, 4.69) is 4.74 Å². The number of ether oxygens (including phenoxy) is 2. The first-order chi connectivity index (χ1) is 8.97. The summed E-state index contributed by atoms with van der Waals surface area (Å²) in [6.45, 7) is 3.66. The molecule has 0 saturated carbocycles. The van der Waals surface area contributed by atoms with Crippen molar-refractivity contribution in [2.75, 3.05) is 7.11 Å². The van der Waals surface area contributed by atoms with Crippen molar-refractivity contribution in [3.63, 3.8) is 0 Å². The second-order valence-corrected chi connectivity index (χ2v) is 4.83. The molecule has 0 bridgehead atoms. The van der Waals surface area contributed by atoms with Gasteiger partial charge in [0.05, 0.1) is 12.1 Å². The predicted molar refractivity (Wildman–Crippen MR) is 75.5 cm³/mol. The molecule has 0 heterocycles. The predicted octanol–water partition coefficient (Wildman–Crippen LogP) is 2.56. The molecule has 1 rings (SSSR count). The summed E-state index contributed by atoms with van der Waals surface area (Å²) in [6.07, 6.45) is 0.990. The van der Waals surface area contributed by atoms with Gasteiger partial charge < -0.3 is 15.2 Å². The zero-order valence-corrected chi connectivity index (χ0v) is 12.2. The van der Waals surface area contributed by atoms with Crippen LogP contribution in [0.1, 0.15) is 25.8 Å². The van der Waals surface area contributed by atoms with Crippen molar-refractivity contribution < 1.29 is 14.3 Å². The number of benzene rings is 1. The van der Waals surface area contributed by atoms with E-state index in [0.29, 0.717) is 10.8 Å². The Labute approximate surface area is 118 Å². The highest BCUT2D eigenvalue weighted by Crippen LogP contribution is 2.27. The highest BCUT2D eigenvalue weighted by molar-refractivity contribution is 6.32. The first-order valence-electron chi connectivity index (χ1n) is 6.26. The van der Waals surface area contributed by atoms with Crippen molar-refractivity contribution in [1.82, 2.24) is 0 Å². The summed E-state index contributed by atoms with van der Waals surface area (Å²) in [5, 5.41) is 0.469. The maximum absolute atomic E-state index is 11.3. The number of hydrogen-bond donors (Lipinski definition) is 1. The van der Waals surface area contributed by atoms with Gasteiger partial charge in [-0.25, -0.2) is 4.79 Å². The van der Waals surface area contributed by atoms with E-state index in [-0.39, 0.29) is 6.04 Å². The second-order valence-electron chi connectivity index (χ2n) is 4.42. The molecule has 0 amide bonds. The lowest BCUT2D eigenvalue weighted by molar-refractivity contribution is -0.147. The van der Waals surface area contributed by atoms with E-state index in [0.717, 1.165) is 18.4 Å². The van der Waals surface area contributed by atoms with Gasteiger partial charge in [0.15, 0.2) is 6.10 Å². The maximum Gasteiger partial charge on any atom is 0.346 e. The summed E-state index contributed by atoms with van der Waals surface area (Å²) in [5.41, 5.74) is 6.95. The van der Waals surface area contributed by atoms with Crippen molar-refractivity contribution in [2.45, 2.75) is 38.8 Å². The molecule has 2 unspecified atom stereocenters. The molecule has 0 aromatic heterocycles. The van der Waals surface area contributed by atoms with Gasteiger partial charge in [-0.05, 0) is 37.5 Å². The van der Waals surface area contributed by atoms with Crippen LogP contribution in [0.4, 0.5) is 0 Å². The molecule has 2 atom stereocenters. The second kappa shape index (κ2) is 7.36. The monoisotopic (exact) mass is 285 g/mol. The van der Waals surface area contributed by atoms with Crippen molar-refractivity contribution in [3.8, 4) is 5.75 Å². The maximum atomic E-state index is 11.3. The van der Waals surface area contributed by atoms with Crippen molar-refractivity contribution in [2.24, 2.45) is 5.73 Å². The summed E-state index contributed by atoms with van der Waals surface area (Å²) in [5.74, 6) is 0.0292. The van der Waals surface area contributed by atoms with Gasteiger partial charge in [-0.15, -0.1) is 0 Å². The van der Waals surface area contributed by atoms with Crippen LogP contribution in [-0.2, 0) is 16.0 Å². The molecular formula is C14H20ClNO3. The highest BCUT2D eigenvalue weighted by atomic mass is 35.5. The lowest BCUT2D eigenvalue weighted by Gasteiger charge is -2.15. The van der Waals surface area contributed by atoms with E-state index in [1.54, 1.807) is 13.0 Å². The van der Waals surface area contributed by atoms with Crippen LogP contribution in [0.5, 0.6) is 5.75 Å². The van der Waals surface area contributed by atoms with Gasteiger partial charge >= 0.3 is 5.97 Å². The number of esters is 1. The van der Waals surface area contributed by atoms with E-state index in [1.165, 1.54) is 7.11 Å². The Morgan fingerprint density at radius 3 is 2.68 bits per heavy atom. The van der Waals surface area contributed by atoms with Crippen LogP contribution in [0, 0.1) is 0 Å². The average molecular weight is 286 g/mol. The molecule has 0 radical (unpaired) electrons. The fourth-order valence-corrected chi connectivity index (χ4v) is 1.87. The molecule has 19 heavy (non-hydrogen) atoms. The minimum absolute atomic E-state index is 0.122. The fraction of sp³-hybridized carbons (Fsp3) is 0.500. The smallest absolute Gasteiger partial charge is 0.346 e. The molecule has 0 aliphatic heterocycles. The molecule has 0 saturated heterocycles. The molecule has 1 aromatic carbocycles. The molecule has 4 nitrogen and oxygen atoms in total. The number of nitrogens with two attached hydrogens (primary N) is 1.